The normalized spacial score (nSPS) is 15.6. The third-order valence-electron chi connectivity index (χ3n) is 3.89. The summed E-state index contributed by atoms with van der Waals surface area (Å²) >= 11 is 0.850. The van der Waals surface area contributed by atoms with Crippen LogP contribution in [0.4, 0.5) is 10.5 Å². The fourth-order valence-corrected chi connectivity index (χ4v) is 3.27. The van der Waals surface area contributed by atoms with E-state index in [0.717, 1.165) is 33.4 Å². The molecule has 132 valence electrons. The molecule has 3 rings (SSSR count). The van der Waals surface area contributed by atoms with Gasteiger partial charge in [0.2, 0.25) is 5.91 Å². The number of nitrogens with zero attached hydrogens (tertiary/aromatic N) is 1. The number of rotatable bonds is 4. The van der Waals surface area contributed by atoms with Crippen molar-refractivity contribution in [1.29, 1.82) is 0 Å². The van der Waals surface area contributed by atoms with Crippen LogP contribution < -0.4 is 5.32 Å². The second kappa shape index (κ2) is 7.58. The number of thioether (sulfide) groups is 1. The Labute approximate surface area is 156 Å². The fraction of sp³-hybridized carbons (Fsp3) is 0.150. The van der Waals surface area contributed by atoms with E-state index < -0.39 is 17.1 Å². The fourth-order valence-electron chi connectivity index (χ4n) is 2.43. The quantitative estimate of drug-likeness (QED) is 0.831. The molecular weight excluding hydrogens is 348 g/mol. The number of hydrogen-bond acceptors (Lipinski definition) is 4. The summed E-state index contributed by atoms with van der Waals surface area (Å²) in [6, 6.07) is 14.9. The Hall–Kier alpha value is -2.86. The molecule has 2 aromatic rings. The van der Waals surface area contributed by atoms with Gasteiger partial charge in [0, 0.05) is 5.69 Å². The Bertz CT molecular complexity index is 886. The van der Waals surface area contributed by atoms with Crippen LogP contribution in [0.3, 0.4) is 0 Å². The molecule has 0 aliphatic carbocycles. The zero-order valence-electron chi connectivity index (χ0n) is 14.5. The molecule has 6 heteroatoms. The molecule has 0 bridgehead atoms. The number of amides is 3. The van der Waals surface area contributed by atoms with Gasteiger partial charge in [-0.1, -0.05) is 47.5 Å². The first kappa shape index (κ1) is 17.9. The summed E-state index contributed by atoms with van der Waals surface area (Å²) in [7, 11) is 0. The molecular formula is C20H18N2O3S. The lowest BCUT2D eigenvalue weighted by atomic mass is 10.1. The summed E-state index contributed by atoms with van der Waals surface area (Å²) in [4.78, 5) is 38.0. The van der Waals surface area contributed by atoms with Gasteiger partial charge >= 0.3 is 0 Å². The SMILES string of the molecule is Cc1ccc(/C=C2/SC(=O)N(CC(=O)Nc3ccc(C)cc3)C2=O)cc1. The molecule has 1 aliphatic heterocycles. The highest BCUT2D eigenvalue weighted by Gasteiger charge is 2.36. The zero-order valence-corrected chi connectivity index (χ0v) is 15.3. The second-order valence-corrected chi connectivity index (χ2v) is 7.09. The van der Waals surface area contributed by atoms with E-state index in [0.29, 0.717) is 10.6 Å². The average Bonchev–Trinajstić information content (AvgIpc) is 2.86. The van der Waals surface area contributed by atoms with Gasteiger partial charge in [-0.3, -0.25) is 19.3 Å². The number of hydrogen-bond donors (Lipinski definition) is 1. The third-order valence-corrected chi connectivity index (χ3v) is 4.79. The standard InChI is InChI=1S/C20H18N2O3S/c1-13-3-7-15(8-4-13)11-17-19(24)22(20(25)26-17)12-18(23)21-16-9-5-14(2)6-10-16/h3-11H,12H2,1-2H3,(H,21,23)/b17-11+. The van der Waals surface area contributed by atoms with Crippen molar-refractivity contribution in [3.63, 3.8) is 0 Å². The van der Waals surface area contributed by atoms with Crippen LogP contribution in [0.2, 0.25) is 0 Å². The number of carbonyl (C=O) groups excluding carboxylic acids is 3. The number of benzene rings is 2. The highest BCUT2D eigenvalue weighted by molar-refractivity contribution is 8.18. The van der Waals surface area contributed by atoms with Gasteiger partial charge in [0.05, 0.1) is 4.91 Å². The molecule has 1 N–H and O–H groups in total. The molecule has 0 radical (unpaired) electrons. The van der Waals surface area contributed by atoms with E-state index in [-0.39, 0.29) is 6.54 Å². The van der Waals surface area contributed by atoms with Crippen LogP contribution in [-0.2, 0) is 9.59 Å². The molecule has 0 unspecified atom stereocenters. The Morgan fingerprint density at radius 1 is 1.00 bits per heavy atom. The lowest BCUT2D eigenvalue weighted by Crippen LogP contribution is -2.36. The van der Waals surface area contributed by atoms with E-state index in [9.17, 15) is 14.4 Å². The van der Waals surface area contributed by atoms with Crippen molar-refractivity contribution in [3.05, 3.63) is 70.1 Å². The van der Waals surface area contributed by atoms with Crippen molar-refractivity contribution in [1.82, 2.24) is 4.90 Å². The minimum absolute atomic E-state index is 0.302. The Morgan fingerprint density at radius 3 is 2.19 bits per heavy atom. The predicted molar refractivity (Wildman–Crippen MR) is 104 cm³/mol. The summed E-state index contributed by atoms with van der Waals surface area (Å²) in [6.45, 7) is 3.63. The zero-order chi connectivity index (χ0) is 18.7. The van der Waals surface area contributed by atoms with Crippen LogP contribution >= 0.6 is 11.8 Å². The molecule has 1 aliphatic rings. The molecule has 0 saturated carbocycles. The van der Waals surface area contributed by atoms with E-state index in [4.69, 9.17) is 0 Å². The van der Waals surface area contributed by atoms with Crippen molar-refractivity contribution in [2.75, 3.05) is 11.9 Å². The number of imide groups is 1. The molecule has 1 heterocycles. The van der Waals surface area contributed by atoms with Gasteiger partial charge in [-0.25, -0.2) is 0 Å². The Kier molecular flexibility index (Phi) is 5.23. The molecule has 1 fully saturated rings. The first-order chi connectivity index (χ1) is 12.4. The van der Waals surface area contributed by atoms with Gasteiger partial charge in [-0.15, -0.1) is 0 Å². The van der Waals surface area contributed by atoms with Gasteiger partial charge in [-0.05, 0) is 49.4 Å². The monoisotopic (exact) mass is 366 g/mol. The van der Waals surface area contributed by atoms with Crippen molar-refractivity contribution >= 4 is 40.6 Å². The molecule has 0 aromatic heterocycles. The van der Waals surface area contributed by atoms with Crippen LogP contribution in [0.5, 0.6) is 0 Å². The third kappa shape index (κ3) is 4.21. The molecule has 2 aromatic carbocycles. The van der Waals surface area contributed by atoms with Crippen molar-refractivity contribution in [3.8, 4) is 0 Å². The lowest BCUT2D eigenvalue weighted by molar-refractivity contribution is -0.127. The number of aryl methyl sites for hydroxylation is 2. The van der Waals surface area contributed by atoms with Crippen molar-refractivity contribution < 1.29 is 14.4 Å². The van der Waals surface area contributed by atoms with Gasteiger partial charge in [0.15, 0.2) is 0 Å². The maximum atomic E-state index is 12.5. The summed E-state index contributed by atoms with van der Waals surface area (Å²) in [6.07, 6.45) is 1.67. The van der Waals surface area contributed by atoms with Crippen LogP contribution in [0.25, 0.3) is 6.08 Å². The smallest absolute Gasteiger partial charge is 0.294 e. The molecule has 5 nitrogen and oxygen atoms in total. The van der Waals surface area contributed by atoms with Gasteiger partial charge in [-0.2, -0.15) is 0 Å². The van der Waals surface area contributed by atoms with Crippen molar-refractivity contribution in [2.45, 2.75) is 13.8 Å². The summed E-state index contributed by atoms with van der Waals surface area (Å²) in [5, 5.41) is 2.26. The summed E-state index contributed by atoms with van der Waals surface area (Å²) in [5.41, 5.74) is 3.66. The first-order valence-electron chi connectivity index (χ1n) is 8.11. The molecule has 3 amide bonds. The van der Waals surface area contributed by atoms with Gasteiger partial charge < -0.3 is 5.32 Å². The molecule has 0 atom stereocenters. The molecule has 1 saturated heterocycles. The largest absolute Gasteiger partial charge is 0.325 e. The average molecular weight is 366 g/mol. The Balaban J connectivity index is 1.67. The van der Waals surface area contributed by atoms with Crippen LogP contribution in [0, 0.1) is 13.8 Å². The van der Waals surface area contributed by atoms with E-state index >= 15 is 0 Å². The number of nitrogens with one attached hydrogen (secondary N) is 1. The number of carbonyl (C=O) groups is 3. The minimum atomic E-state index is -0.445. The molecule has 26 heavy (non-hydrogen) atoms. The van der Waals surface area contributed by atoms with Gasteiger partial charge in [0.25, 0.3) is 11.1 Å². The molecule has 0 spiro atoms. The highest BCUT2D eigenvalue weighted by atomic mass is 32.2. The first-order valence-corrected chi connectivity index (χ1v) is 8.92. The van der Waals surface area contributed by atoms with E-state index in [1.54, 1.807) is 18.2 Å². The highest BCUT2D eigenvalue weighted by Crippen LogP contribution is 2.32. The maximum absolute atomic E-state index is 12.5. The lowest BCUT2D eigenvalue weighted by Gasteiger charge is -2.12. The second-order valence-electron chi connectivity index (χ2n) is 6.09. The van der Waals surface area contributed by atoms with E-state index in [1.165, 1.54) is 0 Å². The van der Waals surface area contributed by atoms with Crippen LogP contribution in [-0.4, -0.2) is 28.5 Å². The summed E-state index contributed by atoms with van der Waals surface area (Å²) < 4.78 is 0. The maximum Gasteiger partial charge on any atom is 0.294 e. The van der Waals surface area contributed by atoms with Crippen molar-refractivity contribution in [2.24, 2.45) is 0 Å². The Morgan fingerprint density at radius 2 is 1.58 bits per heavy atom. The summed E-state index contributed by atoms with van der Waals surface area (Å²) in [5.74, 6) is -0.854. The van der Waals surface area contributed by atoms with E-state index in [2.05, 4.69) is 5.32 Å². The topological polar surface area (TPSA) is 66.5 Å². The van der Waals surface area contributed by atoms with E-state index in [1.807, 2.05) is 50.2 Å². The van der Waals surface area contributed by atoms with Crippen LogP contribution in [0.15, 0.2) is 53.4 Å². The number of anilines is 1. The van der Waals surface area contributed by atoms with Gasteiger partial charge in [0.1, 0.15) is 6.54 Å². The minimum Gasteiger partial charge on any atom is -0.325 e. The predicted octanol–water partition coefficient (Wildman–Crippen LogP) is 3.98. The van der Waals surface area contributed by atoms with Crippen LogP contribution in [0.1, 0.15) is 16.7 Å².